The third-order valence-electron chi connectivity index (χ3n) is 4.07. The van der Waals surface area contributed by atoms with Gasteiger partial charge in [0.15, 0.2) is 16.3 Å². The van der Waals surface area contributed by atoms with Crippen LogP contribution in [0.3, 0.4) is 0 Å². The zero-order valence-corrected chi connectivity index (χ0v) is 14.6. The van der Waals surface area contributed by atoms with Gasteiger partial charge in [0.1, 0.15) is 19.8 Å². The second kappa shape index (κ2) is 6.51. The Hall–Kier alpha value is -2.35. The molecular weight excluding hydrogens is 344 g/mol. The van der Waals surface area contributed by atoms with Crippen molar-refractivity contribution in [2.24, 2.45) is 10.9 Å². The van der Waals surface area contributed by atoms with Crippen molar-refractivity contribution in [2.45, 2.75) is 26.3 Å². The monoisotopic (exact) mass is 362 g/mol. The fourth-order valence-corrected chi connectivity index (χ4v) is 3.74. The van der Waals surface area contributed by atoms with Crippen LogP contribution in [0.5, 0.6) is 11.5 Å². The van der Waals surface area contributed by atoms with Crippen LogP contribution in [-0.2, 0) is 20.9 Å². The second-order valence-electron chi connectivity index (χ2n) is 5.96. The van der Waals surface area contributed by atoms with Crippen molar-refractivity contribution >= 4 is 33.4 Å². The van der Waals surface area contributed by atoms with Gasteiger partial charge in [0, 0.05) is 18.1 Å². The largest absolute Gasteiger partial charge is 0.486 e. The predicted octanol–water partition coefficient (Wildman–Crippen LogP) is 1.87. The van der Waals surface area contributed by atoms with Crippen molar-refractivity contribution in [3.05, 3.63) is 16.9 Å². The van der Waals surface area contributed by atoms with Gasteiger partial charge in [-0.3, -0.25) is 9.59 Å². The Morgan fingerprint density at radius 3 is 2.68 bits per heavy atom. The van der Waals surface area contributed by atoms with Crippen molar-refractivity contribution in [1.29, 1.82) is 0 Å². The molecule has 1 amide bonds. The molecule has 0 N–H and O–H groups in total. The van der Waals surface area contributed by atoms with Gasteiger partial charge in [0.25, 0.3) is 5.91 Å². The van der Waals surface area contributed by atoms with E-state index >= 15 is 0 Å². The molecule has 1 fully saturated rings. The highest BCUT2D eigenvalue weighted by Crippen LogP contribution is 2.36. The molecule has 0 atom stereocenters. The summed E-state index contributed by atoms with van der Waals surface area (Å²) in [5.41, 5.74) is 0.782. The summed E-state index contributed by atoms with van der Waals surface area (Å²) in [7, 11) is 0. The Morgan fingerprint density at radius 2 is 2.00 bits per heavy atom. The molecule has 2 aromatic rings. The summed E-state index contributed by atoms with van der Waals surface area (Å²) in [6.07, 6.45) is 1.78. The molecule has 132 valence electrons. The van der Waals surface area contributed by atoms with Crippen LogP contribution in [0, 0.1) is 5.92 Å². The van der Waals surface area contributed by atoms with E-state index in [1.54, 1.807) is 11.5 Å². The lowest BCUT2D eigenvalue weighted by Crippen LogP contribution is -2.23. The first-order valence-corrected chi connectivity index (χ1v) is 9.14. The summed E-state index contributed by atoms with van der Waals surface area (Å²) in [5.74, 6) is 0.845. The highest BCUT2D eigenvalue weighted by atomic mass is 32.1. The zero-order valence-electron chi connectivity index (χ0n) is 13.8. The Labute approximate surface area is 147 Å². The van der Waals surface area contributed by atoms with Crippen LogP contribution >= 0.6 is 11.3 Å². The molecule has 2 aliphatic rings. The third-order valence-corrected chi connectivity index (χ3v) is 5.11. The number of carbonyl (C=O) groups is 2. The van der Waals surface area contributed by atoms with E-state index < -0.39 is 0 Å². The van der Waals surface area contributed by atoms with Crippen LogP contribution < -0.4 is 14.3 Å². The van der Waals surface area contributed by atoms with E-state index in [-0.39, 0.29) is 24.3 Å². The SMILES string of the molecule is CCOC(=O)Cn1c(=NC(=O)C2CC2)sc2cc3c(cc21)OCCO3. The normalized spacial score (nSPS) is 16.9. The summed E-state index contributed by atoms with van der Waals surface area (Å²) in [5, 5.41) is 0. The fourth-order valence-electron chi connectivity index (χ4n) is 2.70. The molecule has 0 bridgehead atoms. The van der Waals surface area contributed by atoms with Crippen LogP contribution in [0.1, 0.15) is 19.8 Å². The molecule has 1 saturated carbocycles. The first kappa shape index (κ1) is 16.1. The molecule has 1 aliphatic heterocycles. The van der Waals surface area contributed by atoms with Gasteiger partial charge in [0.05, 0.1) is 16.8 Å². The molecule has 2 heterocycles. The third kappa shape index (κ3) is 3.26. The Kier molecular flexibility index (Phi) is 4.20. The Morgan fingerprint density at radius 1 is 1.28 bits per heavy atom. The van der Waals surface area contributed by atoms with Crippen molar-refractivity contribution in [1.82, 2.24) is 4.57 Å². The van der Waals surface area contributed by atoms with Gasteiger partial charge in [-0.2, -0.15) is 4.99 Å². The first-order valence-electron chi connectivity index (χ1n) is 8.33. The minimum Gasteiger partial charge on any atom is -0.486 e. The fraction of sp³-hybridized carbons (Fsp3) is 0.471. The maximum atomic E-state index is 12.1. The highest BCUT2D eigenvalue weighted by molar-refractivity contribution is 7.16. The number of hydrogen-bond donors (Lipinski definition) is 0. The average molecular weight is 362 g/mol. The van der Waals surface area contributed by atoms with E-state index in [1.807, 2.05) is 12.1 Å². The van der Waals surface area contributed by atoms with E-state index in [4.69, 9.17) is 14.2 Å². The summed E-state index contributed by atoms with van der Waals surface area (Å²) in [6, 6.07) is 3.71. The number of amides is 1. The first-order chi connectivity index (χ1) is 12.2. The topological polar surface area (TPSA) is 79.1 Å². The van der Waals surface area contributed by atoms with E-state index in [1.165, 1.54) is 11.3 Å². The quantitative estimate of drug-likeness (QED) is 0.776. The van der Waals surface area contributed by atoms with Crippen LogP contribution in [0.2, 0.25) is 0 Å². The standard InChI is InChI=1S/C17H18N2O5S/c1-2-22-15(20)9-19-11-7-12-13(24-6-5-23-12)8-14(11)25-17(19)18-16(21)10-3-4-10/h7-8,10H,2-6,9H2,1H3. The van der Waals surface area contributed by atoms with Crippen LogP contribution in [0.4, 0.5) is 0 Å². The second-order valence-corrected chi connectivity index (χ2v) is 6.97. The van der Waals surface area contributed by atoms with Crippen LogP contribution in [0.25, 0.3) is 10.2 Å². The van der Waals surface area contributed by atoms with Gasteiger partial charge in [-0.25, -0.2) is 0 Å². The lowest BCUT2D eigenvalue weighted by molar-refractivity contribution is -0.143. The zero-order chi connectivity index (χ0) is 17.4. The number of hydrogen-bond acceptors (Lipinski definition) is 6. The van der Waals surface area contributed by atoms with E-state index in [2.05, 4.69) is 4.99 Å². The number of thiazole rings is 1. The Balaban J connectivity index is 1.83. The molecule has 1 aromatic heterocycles. The molecule has 4 rings (SSSR count). The molecule has 1 aliphatic carbocycles. The molecule has 0 spiro atoms. The van der Waals surface area contributed by atoms with Gasteiger partial charge >= 0.3 is 5.97 Å². The van der Waals surface area contributed by atoms with E-state index in [0.717, 1.165) is 23.1 Å². The van der Waals surface area contributed by atoms with E-state index in [9.17, 15) is 9.59 Å². The maximum Gasteiger partial charge on any atom is 0.326 e. The lowest BCUT2D eigenvalue weighted by atomic mass is 10.2. The minimum atomic E-state index is -0.364. The average Bonchev–Trinajstić information content (AvgIpc) is 3.40. The van der Waals surface area contributed by atoms with Crippen molar-refractivity contribution in [3.8, 4) is 11.5 Å². The van der Waals surface area contributed by atoms with Crippen molar-refractivity contribution in [2.75, 3.05) is 19.8 Å². The number of rotatable bonds is 4. The molecule has 25 heavy (non-hydrogen) atoms. The summed E-state index contributed by atoms with van der Waals surface area (Å²) in [4.78, 5) is 28.9. The van der Waals surface area contributed by atoms with E-state index in [0.29, 0.717) is 36.1 Å². The molecular formula is C17H18N2O5S. The van der Waals surface area contributed by atoms with Crippen molar-refractivity contribution in [3.63, 3.8) is 0 Å². The number of ether oxygens (including phenoxy) is 3. The highest BCUT2D eigenvalue weighted by Gasteiger charge is 2.29. The number of esters is 1. The number of benzene rings is 1. The molecule has 1 aromatic carbocycles. The van der Waals surface area contributed by atoms with Crippen LogP contribution in [-0.4, -0.2) is 36.3 Å². The maximum absolute atomic E-state index is 12.1. The number of carbonyl (C=O) groups excluding carboxylic acids is 2. The molecule has 7 nitrogen and oxygen atoms in total. The number of fused-ring (bicyclic) bond motifs is 2. The number of nitrogens with zero attached hydrogens (tertiary/aromatic N) is 2. The van der Waals surface area contributed by atoms with Gasteiger partial charge in [-0.05, 0) is 19.8 Å². The van der Waals surface area contributed by atoms with Crippen LogP contribution in [0.15, 0.2) is 17.1 Å². The lowest BCUT2D eigenvalue weighted by Gasteiger charge is -2.18. The summed E-state index contributed by atoms with van der Waals surface area (Å²) in [6.45, 7) is 3.06. The van der Waals surface area contributed by atoms with Gasteiger partial charge in [0.2, 0.25) is 0 Å². The molecule has 0 saturated heterocycles. The molecule has 0 radical (unpaired) electrons. The van der Waals surface area contributed by atoms with Gasteiger partial charge in [-0.15, -0.1) is 0 Å². The van der Waals surface area contributed by atoms with Crippen molar-refractivity contribution < 1.29 is 23.8 Å². The molecule has 8 heteroatoms. The smallest absolute Gasteiger partial charge is 0.326 e. The minimum absolute atomic E-state index is 0.00423. The van der Waals surface area contributed by atoms with Gasteiger partial charge in [-0.1, -0.05) is 11.3 Å². The molecule has 0 unspecified atom stereocenters. The summed E-state index contributed by atoms with van der Waals surface area (Å²) < 4.78 is 18.9. The Bertz CT molecular complexity index is 910. The number of aromatic nitrogens is 1. The predicted molar refractivity (Wildman–Crippen MR) is 90.7 cm³/mol. The van der Waals surface area contributed by atoms with Gasteiger partial charge < -0.3 is 18.8 Å². The summed E-state index contributed by atoms with van der Waals surface area (Å²) >= 11 is 1.36.